The van der Waals surface area contributed by atoms with Gasteiger partial charge in [-0.2, -0.15) is 5.10 Å². The molecule has 114 valence electrons. The van der Waals surface area contributed by atoms with Gasteiger partial charge < -0.3 is 10.1 Å². The predicted molar refractivity (Wildman–Crippen MR) is 83.4 cm³/mol. The number of ether oxygens (including phenoxy) is 1. The second-order valence-corrected chi connectivity index (χ2v) is 6.25. The maximum Gasteiger partial charge on any atom is 0.141 e. The second-order valence-electron chi connectivity index (χ2n) is 6.25. The van der Waals surface area contributed by atoms with Gasteiger partial charge >= 0.3 is 0 Å². The number of aryl methyl sites for hydroxylation is 1. The largest absolute Gasteiger partial charge is 0.496 e. The van der Waals surface area contributed by atoms with Gasteiger partial charge in [-0.1, -0.05) is 17.7 Å². The monoisotopic (exact) mass is 288 g/mol. The fourth-order valence-corrected chi connectivity index (χ4v) is 2.09. The number of rotatable bonds is 5. The third-order valence-corrected chi connectivity index (χ3v) is 3.23. The molecule has 21 heavy (non-hydrogen) atoms. The van der Waals surface area contributed by atoms with E-state index in [1.807, 2.05) is 16.8 Å². The Morgan fingerprint density at radius 1 is 1.29 bits per heavy atom. The van der Waals surface area contributed by atoms with Gasteiger partial charge in [0.2, 0.25) is 0 Å². The van der Waals surface area contributed by atoms with Crippen molar-refractivity contribution in [2.45, 2.75) is 46.3 Å². The van der Waals surface area contributed by atoms with Crippen LogP contribution in [0.2, 0.25) is 0 Å². The van der Waals surface area contributed by atoms with Gasteiger partial charge in [0, 0.05) is 11.1 Å². The summed E-state index contributed by atoms with van der Waals surface area (Å²) in [6, 6.07) is 6.17. The SMILES string of the molecule is COc1ccc(C)cc1Cn1ncnc1CNC(C)(C)C. The maximum atomic E-state index is 5.43. The molecule has 0 spiro atoms. The molecule has 1 aromatic heterocycles. The summed E-state index contributed by atoms with van der Waals surface area (Å²) in [6.07, 6.45) is 1.60. The van der Waals surface area contributed by atoms with Gasteiger partial charge in [-0.3, -0.25) is 0 Å². The summed E-state index contributed by atoms with van der Waals surface area (Å²) < 4.78 is 7.34. The molecule has 1 N–H and O–H groups in total. The van der Waals surface area contributed by atoms with Crippen molar-refractivity contribution in [2.75, 3.05) is 7.11 Å². The zero-order valence-electron chi connectivity index (χ0n) is 13.5. The molecule has 0 aliphatic heterocycles. The van der Waals surface area contributed by atoms with Gasteiger partial charge in [0.15, 0.2) is 0 Å². The number of methoxy groups -OCH3 is 1. The summed E-state index contributed by atoms with van der Waals surface area (Å²) >= 11 is 0. The molecule has 5 heteroatoms. The normalized spacial score (nSPS) is 11.7. The van der Waals surface area contributed by atoms with Crippen LogP contribution in [0.5, 0.6) is 5.75 Å². The molecule has 1 aromatic carbocycles. The fraction of sp³-hybridized carbons (Fsp3) is 0.500. The summed E-state index contributed by atoms with van der Waals surface area (Å²) in [7, 11) is 1.69. The van der Waals surface area contributed by atoms with Crippen LogP contribution in [-0.4, -0.2) is 27.4 Å². The molecule has 0 atom stereocenters. The van der Waals surface area contributed by atoms with E-state index in [-0.39, 0.29) is 5.54 Å². The lowest BCUT2D eigenvalue weighted by Gasteiger charge is -2.20. The number of hydrogen-bond donors (Lipinski definition) is 1. The van der Waals surface area contributed by atoms with Crippen LogP contribution in [0.15, 0.2) is 24.5 Å². The Morgan fingerprint density at radius 2 is 2.05 bits per heavy atom. The minimum absolute atomic E-state index is 0.0534. The van der Waals surface area contributed by atoms with E-state index in [0.717, 1.165) is 17.1 Å². The Bertz CT molecular complexity index is 599. The Morgan fingerprint density at radius 3 is 2.71 bits per heavy atom. The van der Waals surface area contributed by atoms with Gasteiger partial charge in [0.25, 0.3) is 0 Å². The molecule has 1 heterocycles. The first-order chi connectivity index (χ1) is 9.89. The third kappa shape index (κ3) is 4.29. The van der Waals surface area contributed by atoms with Gasteiger partial charge in [-0.25, -0.2) is 9.67 Å². The minimum Gasteiger partial charge on any atom is -0.496 e. The van der Waals surface area contributed by atoms with Crippen LogP contribution < -0.4 is 10.1 Å². The van der Waals surface area contributed by atoms with Crippen molar-refractivity contribution in [2.24, 2.45) is 0 Å². The lowest BCUT2D eigenvalue weighted by atomic mass is 10.1. The lowest BCUT2D eigenvalue weighted by Crippen LogP contribution is -2.36. The smallest absolute Gasteiger partial charge is 0.141 e. The molecule has 2 aromatic rings. The van der Waals surface area contributed by atoms with Crippen molar-refractivity contribution in [1.29, 1.82) is 0 Å². The molecule has 0 saturated carbocycles. The van der Waals surface area contributed by atoms with Crippen molar-refractivity contribution in [1.82, 2.24) is 20.1 Å². The van der Waals surface area contributed by atoms with Crippen LogP contribution in [0.4, 0.5) is 0 Å². The summed E-state index contributed by atoms with van der Waals surface area (Å²) in [6.45, 7) is 9.84. The van der Waals surface area contributed by atoms with Gasteiger partial charge in [0.1, 0.15) is 17.9 Å². The molecule has 0 saturated heterocycles. The second kappa shape index (κ2) is 6.26. The predicted octanol–water partition coefficient (Wildman–Crippen LogP) is 2.53. The zero-order chi connectivity index (χ0) is 15.5. The first kappa shape index (κ1) is 15.5. The van der Waals surface area contributed by atoms with Gasteiger partial charge in [-0.05, 0) is 33.8 Å². The van der Waals surface area contributed by atoms with Crippen molar-refractivity contribution in [3.63, 3.8) is 0 Å². The van der Waals surface area contributed by atoms with Crippen LogP contribution in [-0.2, 0) is 13.1 Å². The van der Waals surface area contributed by atoms with Crippen molar-refractivity contribution in [3.8, 4) is 5.75 Å². The highest BCUT2D eigenvalue weighted by atomic mass is 16.5. The molecule has 0 bridgehead atoms. The molecule has 0 radical (unpaired) electrons. The molecule has 0 unspecified atom stereocenters. The highest BCUT2D eigenvalue weighted by Gasteiger charge is 2.13. The van der Waals surface area contributed by atoms with Crippen molar-refractivity contribution < 1.29 is 4.74 Å². The molecule has 0 aliphatic carbocycles. The highest BCUT2D eigenvalue weighted by molar-refractivity contribution is 5.37. The Balaban J connectivity index is 2.17. The van der Waals surface area contributed by atoms with E-state index in [9.17, 15) is 0 Å². The molecule has 2 rings (SSSR count). The van der Waals surface area contributed by atoms with Crippen molar-refractivity contribution in [3.05, 3.63) is 41.5 Å². The first-order valence-corrected chi connectivity index (χ1v) is 7.14. The van der Waals surface area contributed by atoms with E-state index in [1.165, 1.54) is 5.56 Å². The van der Waals surface area contributed by atoms with Gasteiger partial charge in [-0.15, -0.1) is 0 Å². The first-order valence-electron chi connectivity index (χ1n) is 7.14. The number of hydrogen-bond acceptors (Lipinski definition) is 4. The number of nitrogens with zero attached hydrogens (tertiary/aromatic N) is 3. The quantitative estimate of drug-likeness (QED) is 0.918. The van der Waals surface area contributed by atoms with E-state index in [0.29, 0.717) is 13.1 Å². The summed E-state index contributed by atoms with van der Waals surface area (Å²) in [5, 5.41) is 7.76. The van der Waals surface area contributed by atoms with Crippen molar-refractivity contribution >= 4 is 0 Å². The summed E-state index contributed by atoms with van der Waals surface area (Å²) in [4.78, 5) is 4.34. The average Bonchev–Trinajstić information content (AvgIpc) is 2.83. The number of benzene rings is 1. The van der Waals surface area contributed by atoms with Crippen LogP contribution >= 0.6 is 0 Å². The fourth-order valence-electron chi connectivity index (χ4n) is 2.09. The Kier molecular flexibility index (Phi) is 4.63. The number of nitrogens with one attached hydrogen (secondary N) is 1. The van der Waals surface area contributed by atoms with E-state index >= 15 is 0 Å². The molecule has 0 fully saturated rings. The summed E-state index contributed by atoms with van der Waals surface area (Å²) in [5.41, 5.74) is 2.37. The Labute approximate surface area is 126 Å². The molecular weight excluding hydrogens is 264 g/mol. The summed E-state index contributed by atoms with van der Waals surface area (Å²) in [5.74, 6) is 1.80. The average molecular weight is 288 g/mol. The Hall–Kier alpha value is -1.88. The molecule has 5 nitrogen and oxygen atoms in total. The van der Waals surface area contributed by atoms with Crippen LogP contribution in [0.3, 0.4) is 0 Å². The third-order valence-electron chi connectivity index (χ3n) is 3.23. The van der Waals surface area contributed by atoms with Gasteiger partial charge in [0.05, 0.1) is 20.2 Å². The minimum atomic E-state index is 0.0534. The maximum absolute atomic E-state index is 5.43. The van der Waals surface area contributed by atoms with E-state index < -0.39 is 0 Å². The van der Waals surface area contributed by atoms with E-state index in [1.54, 1.807) is 13.4 Å². The van der Waals surface area contributed by atoms with E-state index in [2.05, 4.69) is 49.2 Å². The molecule has 0 aliphatic rings. The zero-order valence-corrected chi connectivity index (χ0v) is 13.5. The van der Waals surface area contributed by atoms with E-state index in [4.69, 9.17) is 4.74 Å². The standard InChI is InChI=1S/C16H24N4O/c1-12-6-7-14(21-5)13(8-12)10-20-15(17-11-19-20)9-18-16(2,3)4/h6-8,11,18H,9-10H2,1-5H3. The molecular formula is C16H24N4O. The van der Waals surface area contributed by atoms with Crippen LogP contribution in [0.25, 0.3) is 0 Å². The lowest BCUT2D eigenvalue weighted by molar-refractivity contribution is 0.400. The highest BCUT2D eigenvalue weighted by Crippen LogP contribution is 2.20. The number of aromatic nitrogens is 3. The van der Waals surface area contributed by atoms with Crippen LogP contribution in [0, 0.1) is 6.92 Å². The van der Waals surface area contributed by atoms with Crippen LogP contribution in [0.1, 0.15) is 37.7 Å². The topological polar surface area (TPSA) is 52.0 Å². The molecule has 0 amide bonds.